The van der Waals surface area contributed by atoms with Crippen LogP contribution in [0.3, 0.4) is 0 Å². The van der Waals surface area contributed by atoms with Crippen LogP contribution < -0.4 is 0 Å². The number of rotatable bonds is 2. The lowest BCUT2D eigenvalue weighted by Gasteiger charge is -2.19. The first-order valence-corrected chi connectivity index (χ1v) is 6.78. The Kier molecular flexibility index (Phi) is 3.86. The summed E-state index contributed by atoms with van der Waals surface area (Å²) in [6.07, 6.45) is 1.56. The lowest BCUT2D eigenvalue weighted by Crippen LogP contribution is -2.26. The molecular formula is C16H21NO3. The second-order valence-corrected chi connectivity index (χ2v) is 6.11. The van der Waals surface area contributed by atoms with Crippen LogP contribution in [0.1, 0.15) is 33.3 Å². The maximum atomic E-state index is 12.1. The van der Waals surface area contributed by atoms with Gasteiger partial charge in [-0.1, -0.05) is 6.07 Å². The number of aromatic nitrogens is 1. The van der Waals surface area contributed by atoms with Gasteiger partial charge in [0.25, 0.3) is 0 Å². The Hall–Kier alpha value is -1.81. The molecular weight excluding hydrogens is 254 g/mol. The van der Waals surface area contributed by atoms with Crippen molar-refractivity contribution in [2.45, 2.75) is 45.8 Å². The van der Waals surface area contributed by atoms with Gasteiger partial charge in [-0.2, -0.15) is 0 Å². The van der Waals surface area contributed by atoms with Gasteiger partial charge in [0.2, 0.25) is 0 Å². The highest BCUT2D eigenvalue weighted by Crippen LogP contribution is 2.20. The largest absolute Gasteiger partial charge is 0.443 e. The lowest BCUT2D eigenvalue weighted by molar-refractivity contribution is 0.0544. The molecule has 0 saturated heterocycles. The summed E-state index contributed by atoms with van der Waals surface area (Å²) in [6.45, 7) is 7.29. The van der Waals surface area contributed by atoms with Crippen molar-refractivity contribution in [3.05, 3.63) is 36.0 Å². The number of carbonyl (C=O) groups is 1. The number of nitrogens with zero attached hydrogens (tertiary/aromatic N) is 1. The summed E-state index contributed by atoms with van der Waals surface area (Å²) in [7, 11) is 0. The van der Waals surface area contributed by atoms with Crippen molar-refractivity contribution < 1.29 is 14.6 Å². The number of carbonyl (C=O) groups excluding carboxylic acids is 1. The average molecular weight is 275 g/mol. The third-order valence-electron chi connectivity index (χ3n) is 2.88. The Morgan fingerprint density at radius 1 is 1.35 bits per heavy atom. The van der Waals surface area contributed by atoms with Gasteiger partial charge in [-0.25, -0.2) is 4.79 Å². The molecule has 1 heterocycles. The summed E-state index contributed by atoms with van der Waals surface area (Å²) in [5.41, 5.74) is 1.35. The lowest BCUT2D eigenvalue weighted by atomic mass is 10.1. The quantitative estimate of drug-likeness (QED) is 0.914. The van der Waals surface area contributed by atoms with E-state index in [2.05, 4.69) is 0 Å². The third-order valence-corrected chi connectivity index (χ3v) is 2.88. The summed E-state index contributed by atoms with van der Waals surface area (Å²) in [5.74, 6) is 0. The molecule has 108 valence electrons. The molecule has 0 saturated carbocycles. The monoisotopic (exact) mass is 275 g/mol. The molecule has 0 bridgehead atoms. The highest BCUT2D eigenvalue weighted by atomic mass is 16.6. The van der Waals surface area contributed by atoms with Gasteiger partial charge in [-0.05, 0) is 57.9 Å². The van der Waals surface area contributed by atoms with Crippen molar-refractivity contribution in [1.82, 2.24) is 4.57 Å². The number of ether oxygens (including phenoxy) is 1. The van der Waals surface area contributed by atoms with Crippen LogP contribution in [-0.2, 0) is 11.2 Å². The molecule has 1 N–H and O–H groups in total. The van der Waals surface area contributed by atoms with Gasteiger partial charge >= 0.3 is 6.09 Å². The van der Waals surface area contributed by atoms with Crippen molar-refractivity contribution in [2.24, 2.45) is 0 Å². The number of hydrogen-bond donors (Lipinski definition) is 1. The number of fused-ring (bicyclic) bond motifs is 1. The maximum Gasteiger partial charge on any atom is 0.418 e. The Balaban J connectivity index is 2.31. The van der Waals surface area contributed by atoms with Crippen molar-refractivity contribution in [2.75, 3.05) is 0 Å². The smallest absolute Gasteiger partial charge is 0.418 e. The molecule has 0 aliphatic carbocycles. The fraction of sp³-hybridized carbons (Fsp3) is 0.438. The Morgan fingerprint density at radius 2 is 2.05 bits per heavy atom. The first kappa shape index (κ1) is 14.6. The van der Waals surface area contributed by atoms with Crippen molar-refractivity contribution in [1.29, 1.82) is 0 Å². The van der Waals surface area contributed by atoms with E-state index in [1.807, 2.05) is 45.0 Å². The molecule has 1 unspecified atom stereocenters. The average Bonchev–Trinajstić information content (AvgIpc) is 2.68. The highest BCUT2D eigenvalue weighted by Gasteiger charge is 2.18. The van der Waals surface area contributed by atoms with Crippen LogP contribution in [0.4, 0.5) is 4.79 Å². The van der Waals surface area contributed by atoms with Gasteiger partial charge < -0.3 is 9.84 Å². The standard InChI is InChI=1S/C16H21NO3/c1-11(18)9-12-5-6-14-13(10-12)7-8-17(14)15(19)20-16(2,3)4/h5-8,10-11,18H,9H2,1-4H3. The highest BCUT2D eigenvalue weighted by molar-refractivity contribution is 5.89. The molecule has 0 fully saturated rings. The van der Waals surface area contributed by atoms with Crippen LogP contribution in [-0.4, -0.2) is 27.5 Å². The molecule has 4 nitrogen and oxygen atoms in total. The van der Waals surface area contributed by atoms with Crippen molar-refractivity contribution in [3.8, 4) is 0 Å². The molecule has 1 aromatic carbocycles. The molecule has 0 radical (unpaired) electrons. The summed E-state index contributed by atoms with van der Waals surface area (Å²) >= 11 is 0. The fourth-order valence-corrected chi connectivity index (χ4v) is 2.13. The first-order chi connectivity index (χ1) is 9.26. The van der Waals surface area contributed by atoms with Crippen molar-refractivity contribution in [3.63, 3.8) is 0 Å². The van der Waals surface area contributed by atoms with Gasteiger partial charge in [-0.15, -0.1) is 0 Å². The molecule has 0 aliphatic heterocycles. The molecule has 0 amide bonds. The molecule has 1 atom stereocenters. The van der Waals surface area contributed by atoms with Gasteiger partial charge in [0.1, 0.15) is 5.60 Å². The molecule has 2 aromatic rings. The summed E-state index contributed by atoms with van der Waals surface area (Å²) in [6, 6.07) is 7.68. The van der Waals surface area contributed by atoms with E-state index in [0.717, 1.165) is 16.5 Å². The third kappa shape index (κ3) is 3.39. The number of hydrogen-bond acceptors (Lipinski definition) is 3. The summed E-state index contributed by atoms with van der Waals surface area (Å²) in [4.78, 5) is 12.1. The van der Waals surface area contributed by atoms with E-state index in [1.165, 1.54) is 4.57 Å². The van der Waals surface area contributed by atoms with Gasteiger partial charge in [-0.3, -0.25) is 4.57 Å². The topological polar surface area (TPSA) is 51.5 Å². The minimum atomic E-state index is -0.514. The SMILES string of the molecule is CC(O)Cc1ccc2c(ccn2C(=O)OC(C)(C)C)c1. The Bertz CT molecular complexity index is 620. The fourth-order valence-electron chi connectivity index (χ4n) is 2.13. The zero-order valence-electron chi connectivity index (χ0n) is 12.4. The normalized spacial score (nSPS) is 13.4. The van der Waals surface area contributed by atoms with E-state index in [1.54, 1.807) is 13.1 Å². The summed E-state index contributed by atoms with van der Waals surface area (Å²) in [5, 5.41) is 10.4. The van der Waals surface area contributed by atoms with E-state index in [-0.39, 0.29) is 12.2 Å². The zero-order valence-corrected chi connectivity index (χ0v) is 12.4. The Labute approximate surface area is 119 Å². The number of aliphatic hydroxyl groups excluding tert-OH is 1. The molecule has 2 rings (SSSR count). The second kappa shape index (κ2) is 5.29. The Morgan fingerprint density at radius 3 is 2.65 bits per heavy atom. The van der Waals surface area contributed by atoms with E-state index >= 15 is 0 Å². The predicted octanol–water partition coefficient (Wildman–Crippen LogP) is 3.35. The van der Waals surface area contributed by atoms with E-state index < -0.39 is 5.60 Å². The molecule has 0 spiro atoms. The summed E-state index contributed by atoms with van der Waals surface area (Å²) < 4.78 is 6.88. The molecule has 1 aromatic heterocycles. The molecule has 0 aliphatic rings. The molecule has 4 heteroatoms. The molecule has 20 heavy (non-hydrogen) atoms. The zero-order chi connectivity index (χ0) is 14.9. The van der Waals surface area contributed by atoms with Crippen LogP contribution in [0.2, 0.25) is 0 Å². The van der Waals surface area contributed by atoms with Crippen LogP contribution in [0, 0.1) is 0 Å². The number of aliphatic hydroxyl groups is 1. The van der Waals surface area contributed by atoms with Crippen LogP contribution >= 0.6 is 0 Å². The predicted molar refractivity (Wildman–Crippen MR) is 79.0 cm³/mol. The van der Waals surface area contributed by atoms with Crippen LogP contribution in [0.25, 0.3) is 10.9 Å². The number of benzene rings is 1. The van der Waals surface area contributed by atoms with E-state index in [0.29, 0.717) is 6.42 Å². The van der Waals surface area contributed by atoms with E-state index in [4.69, 9.17) is 4.74 Å². The minimum absolute atomic E-state index is 0.375. The van der Waals surface area contributed by atoms with Gasteiger partial charge in [0, 0.05) is 11.6 Å². The second-order valence-electron chi connectivity index (χ2n) is 6.11. The minimum Gasteiger partial charge on any atom is -0.443 e. The van der Waals surface area contributed by atoms with Crippen LogP contribution in [0.15, 0.2) is 30.5 Å². The maximum absolute atomic E-state index is 12.1. The van der Waals surface area contributed by atoms with Gasteiger partial charge in [0.05, 0.1) is 11.6 Å². The van der Waals surface area contributed by atoms with Crippen LogP contribution in [0.5, 0.6) is 0 Å². The first-order valence-electron chi connectivity index (χ1n) is 6.78. The van der Waals surface area contributed by atoms with Crippen molar-refractivity contribution >= 4 is 17.0 Å². The van der Waals surface area contributed by atoms with Gasteiger partial charge in [0.15, 0.2) is 0 Å². The van der Waals surface area contributed by atoms with E-state index in [9.17, 15) is 9.90 Å².